The second kappa shape index (κ2) is 5.95. The molecule has 2 aromatic rings. The van der Waals surface area contributed by atoms with Crippen LogP contribution < -0.4 is 5.32 Å². The van der Waals surface area contributed by atoms with Crippen LogP contribution in [-0.2, 0) is 4.79 Å². The van der Waals surface area contributed by atoms with E-state index in [1.807, 2.05) is 37.3 Å². The molecule has 0 bridgehead atoms. The minimum absolute atomic E-state index is 0.356. The van der Waals surface area contributed by atoms with Gasteiger partial charge in [0.2, 0.25) is 0 Å². The number of carbonyl (C=O) groups excluding carboxylic acids is 1. The lowest BCUT2D eigenvalue weighted by Crippen LogP contribution is -2.52. The van der Waals surface area contributed by atoms with Crippen LogP contribution in [0.1, 0.15) is 37.0 Å². The second-order valence-electron chi connectivity index (χ2n) is 5.37. The lowest BCUT2D eigenvalue weighted by atomic mass is 9.95. The Balaban J connectivity index is 2.36. The highest BCUT2D eigenvalue weighted by molar-refractivity contribution is 6.08. The smallest absolute Gasteiger partial charge is 0.329 e. The quantitative estimate of drug-likeness (QED) is 0.886. The number of rotatable bonds is 5. The zero-order valence-electron chi connectivity index (χ0n) is 12.2. The summed E-state index contributed by atoms with van der Waals surface area (Å²) >= 11 is 0. The van der Waals surface area contributed by atoms with E-state index in [9.17, 15) is 14.7 Å². The molecule has 110 valence electrons. The highest BCUT2D eigenvalue weighted by Gasteiger charge is 2.34. The molecule has 0 saturated heterocycles. The molecule has 0 radical (unpaired) electrons. The molecule has 0 aliphatic rings. The normalized spacial score (nSPS) is 13.6. The fraction of sp³-hybridized carbons (Fsp3) is 0.294. The van der Waals surface area contributed by atoms with Gasteiger partial charge in [-0.1, -0.05) is 49.7 Å². The van der Waals surface area contributed by atoms with Crippen LogP contribution in [0.4, 0.5) is 0 Å². The highest BCUT2D eigenvalue weighted by atomic mass is 16.4. The van der Waals surface area contributed by atoms with Crippen LogP contribution in [0.3, 0.4) is 0 Å². The van der Waals surface area contributed by atoms with E-state index < -0.39 is 11.5 Å². The molecule has 0 heterocycles. The van der Waals surface area contributed by atoms with Gasteiger partial charge in [-0.2, -0.15) is 0 Å². The zero-order valence-corrected chi connectivity index (χ0v) is 12.2. The lowest BCUT2D eigenvalue weighted by molar-refractivity contribution is -0.144. The van der Waals surface area contributed by atoms with Gasteiger partial charge in [0.15, 0.2) is 0 Å². The first-order chi connectivity index (χ1) is 9.98. The monoisotopic (exact) mass is 285 g/mol. The van der Waals surface area contributed by atoms with Gasteiger partial charge in [0, 0.05) is 5.56 Å². The summed E-state index contributed by atoms with van der Waals surface area (Å²) < 4.78 is 0. The summed E-state index contributed by atoms with van der Waals surface area (Å²) in [4.78, 5) is 23.9. The maximum absolute atomic E-state index is 12.5. The molecule has 0 fully saturated rings. The third-order valence-corrected chi connectivity index (χ3v) is 3.65. The number of benzene rings is 2. The molecule has 4 heteroatoms. The molecule has 4 nitrogen and oxygen atoms in total. The van der Waals surface area contributed by atoms with E-state index >= 15 is 0 Å². The summed E-state index contributed by atoms with van der Waals surface area (Å²) in [5.74, 6) is -1.37. The number of fused-ring (bicyclic) bond motifs is 1. The summed E-state index contributed by atoms with van der Waals surface area (Å²) in [6.45, 7) is 3.44. The summed E-state index contributed by atoms with van der Waals surface area (Å²) in [6.07, 6.45) is 1.07. The molecule has 1 unspecified atom stereocenters. The minimum Gasteiger partial charge on any atom is -0.480 e. The van der Waals surface area contributed by atoms with Crippen LogP contribution in [0.2, 0.25) is 0 Å². The van der Waals surface area contributed by atoms with Crippen molar-refractivity contribution in [3.8, 4) is 0 Å². The van der Waals surface area contributed by atoms with Gasteiger partial charge >= 0.3 is 5.97 Å². The fourth-order valence-corrected chi connectivity index (χ4v) is 2.46. The number of amides is 1. The van der Waals surface area contributed by atoms with Crippen molar-refractivity contribution in [2.24, 2.45) is 0 Å². The molecular weight excluding hydrogens is 266 g/mol. The highest BCUT2D eigenvalue weighted by Crippen LogP contribution is 2.20. The van der Waals surface area contributed by atoms with Gasteiger partial charge < -0.3 is 10.4 Å². The first-order valence-corrected chi connectivity index (χ1v) is 7.01. The van der Waals surface area contributed by atoms with E-state index in [-0.39, 0.29) is 5.91 Å². The van der Waals surface area contributed by atoms with Crippen molar-refractivity contribution in [1.29, 1.82) is 0 Å². The van der Waals surface area contributed by atoms with Gasteiger partial charge in [-0.25, -0.2) is 4.79 Å². The number of nitrogens with one attached hydrogen (secondary N) is 1. The SMILES string of the molecule is CCCC(C)(NC(=O)c1cccc2ccccc12)C(=O)O. The third-order valence-electron chi connectivity index (χ3n) is 3.65. The Morgan fingerprint density at radius 3 is 2.48 bits per heavy atom. The first kappa shape index (κ1) is 15.0. The van der Waals surface area contributed by atoms with Gasteiger partial charge in [-0.15, -0.1) is 0 Å². The van der Waals surface area contributed by atoms with Crippen LogP contribution in [0.5, 0.6) is 0 Å². The Morgan fingerprint density at radius 2 is 1.81 bits per heavy atom. The van der Waals surface area contributed by atoms with E-state index in [2.05, 4.69) is 5.32 Å². The van der Waals surface area contributed by atoms with Crippen LogP contribution in [-0.4, -0.2) is 22.5 Å². The first-order valence-electron chi connectivity index (χ1n) is 7.01. The minimum atomic E-state index is -1.25. The Hall–Kier alpha value is -2.36. The van der Waals surface area contributed by atoms with Crippen LogP contribution in [0, 0.1) is 0 Å². The van der Waals surface area contributed by atoms with E-state index in [1.165, 1.54) is 0 Å². The molecule has 2 N–H and O–H groups in total. The summed E-state index contributed by atoms with van der Waals surface area (Å²) in [5.41, 5.74) is -0.750. The molecule has 0 aromatic heterocycles. The van der Waals surface area contributed by atoms with Crippen molar-refractivity contribution in [3.05, 3.63) is 48.0 Å². The largest absolute Gasteiger partial charge is 0.480 e. The zero-order chi connectivity index (χ0) is 15.5. The fourth-order valence-electron chi connectivity index (χ4n) is 2.46. The lowest BCUT2D eigenvalue weighted by Gasteiger charge is -2.26. The molecule has 1 atom stereocenters. The maximum Gasteiger partial charge on any atom is 0.329 e. The van der Waals surface area contributed by atoms with Crippen LogP contribution in [0.15, 0.2) is 42.5 Å². The Morgan fingerprint density at radius 1 is 1.14 bits per heavy atom. The Labute approximate surface area is 123 Å². The molecule has 2 aromatic carbocycles. The number of carbonyl (C=O) groups is 2. The molecule has 0 spiro atoms. The van der Waals surface area contributed by atoms with Gasteiger partial charge in [0.25, 0.3) is 5.91 Å². The van der Waals surface area contributed by atoms with Crippen LogP contribution >= 0.6 is 0 Å². The number of carboxylic acid groups (broad SMARTS) is 1. The predicted octanol–water partition coefficient (Wildman–Crippen LogP) is 3.21. The number of hydrogen-bond donors (Lipinski definition) is 2. The van der Waals surface area contributed by atoms with E-state index in [1.54, 1.807) is 19.1 Å². The van der Waals surface area contributed by atoms with Crippen molar-refractivity contribution in [2.75, 3.05) is 0 Å². The second-order valence-corrected chi connectivity index (χ2v) is 5.37. The summed E-state index contributed by atoms with van der Waals surface area (Å²) in [5, 5.41) is 13.8. The molecule has 2 rings (SSSR count). The van der Waals surface area contributed by atoms with E-state index in [0.29, 0.717) is 18.4 Å². The van der Waals surface area contributed by atoms with E-state index in [0.717, 1.165) is 10.8 Å². The van der Waals surface area contributed by atoms with Gasteiger partial charge in [-0.05, 0) is 30.2 Å². The van der Waals surface area contributed by atoms with Crippen molar-refractivity contribution in [2.45, 2.75) is 32.2 Å². The van der Waals surface area contributed by atoms with Crippen molar-refractivity contribution in [3.63, 3.8) is 0 Å². The van der Waals surface area contributed by atoms with Gasteiger partial charge in [-0.3, -0.25) is 4.79 Å². The number of aliphatic carboxylic acids is 1. The van der Waals surface area contributed by atoms with Crippen molar-refractivity contribution < 1.29 is 14.7 Å². The van der Waals surface area contributed by atoms with Crippen molar-refractivity contribution >= 4 is 22.6 Å². The molecule has 0 saturated carbocycles. The molecule has 1 amide bonds. The van der Waals surface area contributed by atoms with Crippen molar-refractivity contribution in [1.82, 2.24) is 5.32 Å². The topological polar surface area (TPSA) is 66.4 Å². The van der Waals surface area contributed by atoms with Crippen LogP contribution in [0.25, 0.3) is 10.8 Å². The standard InChI is InChI=1S/C17H19NO3/c1-3-11-17(2,16(20)21)18-15(19)14-10-6-8-12-7-4-5-9-13(12)14/h4-10H,3,11H2,1-2H3,(H,18,19)(H,20,21). The Kier molecular flexibility index (Phi) is 4.26. The average Bonchev–Trinajstić information content (AvgIpc) is 2.46. The maximum atomic E-state index is 12.5. The molecule has 0 aliphatic carbocycles. The Bertz CT molecular complexity index is 675. The third kappa shape index (κ3) is 3.05. The summed E-state index contributed by atoms with van der Waals surface area (Å²) in [6, 6.07) is 13.0. The van der Waals surface area contributed by atoms with Gasteiger partial charge in [0.1, 0.15) is 5.54 Å². The van der Waals surface area contributed by atoms with Gasteiger partial charge in [0.05, 0.1) is 0 Å². The molecule has 0 aliphatic heterocycles. The van der Waals surface area contributed by atoms with E-state index in [4.69, 9.17) is 0 Å². The predicted molar refractivity (Wildman–Crippen MR) is 82.4 cm³/mol. The number of carboxylic acids is 1. The molecule has 21 heavy (non-hydrogen) atoms. The number of hydrogen-bond acceptors (Lipinski definition) is 2. The summed E-state index contributed by atoms with van der Waals surface area (Å²) in [7, 11) is 0. The average molecular weight is 285 g/mol. The molecular formula is C17H19NO3.